The lowest BCUT2D eigenvalue weighted by atomic mass is 10.1. The third-order valence-corrected chi connectivity index (χ3v) is 2.34. The predicted octanol–water partition coefficient (Wildman–Crippen LogP) is 1.79. The van der Waals surface area contributed by atoms with Gasteiger partial charge in [-0.25, -0.2) is 0 Å². The van der Waals surface area contributed by atoms with Crippen LogP contribution in [0.4, 0.5) is 11.4 Å². The number of nitriles is 1. The molecule has 18 heavy (non-hydrogen) atoms. The molecule has 0 unspecified atom stereocenters. The Morgan fingerprint density at radius 1 is 1.39 bits per heavy atom. The molecule has 3 N–H and O–H groups in total. The zero-order valence-electron chi connectivity index (χ0n) is 9.42. The van der Waals surface area contributed by atoms with E-state index in [1.54, 1.807) is 30.5 Å². The molecule has 0 aliphatic heterocycles. The summed E-state index contributed by atoms with van der Waals surface area (Å²) in [6.45, 7) is 0. The number of amides is 1. The van der Waals surface area contributed by atoms with Crippen LogP contribution in [0, 0.1) is 11.3 Å². The molecule has 2 aromatic rings. The van der Waals surface area contributed by atoms with Gasteiger partial charge in [0.15, 0.2) is 0 Å². The molecule has 0 atom stereocenters. The fourth-order valence-corrected chi connectivity index (χ4v) is 1.45. The van der Waals surface area contributed by atoms with Crippen LogP contribution in [0.5, 0.6) is 0 Å². The first kappa shape index (κ1) is 11.6. The van der Waals surface area contributed by atoms with Crippen LogP contribution < -0.4 is 11.1 Å². The van der Waals surface area contributed by atoms with Gasteiger partial charge in [-0.05, 0) is 30.3 Å². The van der Waals surface area contributed by atoms with Gasteiger partial charge in [0.25, 0.3) is 5.91 Å². The molecule has 1 heterocycles. The number of benzene rings is 1. The second-order valence-corrected chi connectivity index (χ2v) is 3.61. The smallest absolute Gasteiger partial charge is 0.257 e. The van der Waals surface area contributed by atoms with E-state index in [2.05, 4.69) is 10.3 Å². The molecular formula is C13H10N4O. The third-order valence-electron chi connectivity index (χ3n) is 2.34. The predicted molar refractivity (Wildman–Crippen MR) is 67.8 cm³/mol. The van der Waals surface area contributed by atoms with Crippen molar-refractivity contribution in [1.82, 2.24) is 4.98 Å². The zero-order valence-corrected chi connectivity index (χ0v) is 9.42. The first-order valence-corrected chi connectivity index (χ1v) is 5.21. The minimum atomic E-state index is -0.315. The van der Waals surface area contributed by atoms with Gasteiger partial charge in [-0.15, -0.1) is 0 Å². The minimum Gasteiger partial charge on any atom is -0.399 e. The molecule has 2 rings (SSSR count). The van der Waals surface area contributed by atoms with Crippen molar-refractivity contribution in [3.8, 4) is 6.07 Å². The number of pyridine rings is 1. The number of nitrogens with zero attached hydrogens (tertiary/aromatic N) is 2. The zero-order chi connectivity index (χ0) is 13.0. The number of nitrogen functional groups attached to an aromatic ring is 1. The van der Waals surface area contributed by atoms with Crippen molar-refractivity contribution in [2.24, 2.45) is 0 Å². The lowest BCUT2D eigenvalue weighted by Crippen LogP contribution is -2.13. The van der Waals surface area contributed by atoms with E-state index in [0.29, 0.717) is 22.5 Å². The molecule has 0 fully saturated rings. The lowest BCUT2D eigenvalue weighted by Gasteiger charge is -2.07. The molecule has 1 aromatic carbocycles. The number of rotatable bonds is 2. The van der Waals surface area contributed by atoms with Crippen LogP contribution in [-0.4, -0.2) is 10.9 Å². The van der Waals surface area contributed by atoms with E-state index in [-0.39, 0.29) is 5.91 Å². The Hall–Kier alpha value is -2.87. The lowest BCUT2D eigenvalue weighted by molar-refractivity contribution is 0.102. The molecule has 0 saturated heterocycles. The number of nitrogens with two attached hydrogens (primary N) is 1. The first-order valence-electron chi connectivity index (χ1n) is 5.21. The van der Waals surface area contributed by atoms with Gasteiger partial charge in [-0.2, -0.15) is 5.26 Å². The van der Waals surface area contributed by atoms with E-state index >= 15 is 0 Å². The van der Waals surface area contributed by atoms with Crippen molar-refractivity contribution in [3.05, 3.63) is 53.9 Å². The molecule has 0 aliphatic carbocycles. The summed E-state index contributed by atoms with van der Waals surface area (Å²) in [5.41, 5.74) is 7.23. The average molecular weight is 238 g/mol. The molecule has 0 saturated carbocycles. The summed E-state index contributed by atoms with van der Waals surface area (Å²) in [6.07, 6.45) is 3.04. The van der Waals surface area contributed by atoms with Gasteiger partial charge in [0.2, 0.25) is 0 Å². The van der Waals surface area contributed by atoms with E-state index in [1.165, 1.54) is 12.3 Å². The second kappa shape index (κ2) is 4.97. The van der Waals surface area contributed by atoms with Gasteiger partial charge >= 0.3 is 0 Å². The molecule has 0 aliphatic rings. The summed E-state index contributed by atoms with van der Waals surface area (Å²) in [6, 6.07) is 10.0. The van der Waals surface area contributed by atoms with Crippen LogP contribution in [-0.2, 0) is 0 Å². The highest BCUT2D eigenvalue weighted by molar-refractivity contribution is 6.04. The maximum absolute atomic E-state index is 11.9. The Morgan fingerprint density at radius 2 is 2.22 bits per heavy atom. The van der Waals surface area contributed by atoms with Crippen LogP contribution in [0.3, 0.4) is 0 Å². The van der Waals surface area contributed by atoms with Crippen molar-refractivity contribution in [2.75, 3.05) is 11.1 Å². The summed E-state index contributed by atoms with van der Waals surface area (Å²) >= 11 is 0. The Bertz CT molecular complexity index is 617. The molecule has 0 spiro atoms. The van der Waals surface area contributed by atoms with Gasteiger partial charge in [0.1, 0.15) is 6.07 Å². The van der Waals surface area contributed by atoms with Crippen molar-refractivity contribution in [3.63, 3.8) is 0 Å². The molecule has 1 aromatic heterocycles. The van der Waals surface area contributed by atoms with Crippen LogP contribution >= 0.6 is 0 Å². The number of carbonyl (C=O) groups is 1. The van der Waals surface area contributed by atoms with Gasteiger partial charge < -0.3 is 11.1 Å². The summed E-state index contributed by atoms with van der Waals surface area (Å²) in [7, 11) is 0. The second-order valence-electron chi connectivity index (χ2n) is 3.61. The first-order chi connectivity index (χ1) is 8.70. The Kier molecular flexibility index (Phi) is 3.21. The van der Waals surface area contributed by atoms with E-state index in [4.69, 9.17) is 11.0 Å². The fraction of sp³-hybridized carbons (Fsp3) is 0. The van der Waals surface area contributed by atoms with Crippen molar-refractivity contribution in [2.45, 2.75) is 0 Å². The normalized spacial score (nSPS) is 9.50. The standard InChI is InChI=1S/C13H10N4O/c14-7-10-6-11(15)3-4-12(10)17-13(18)9-2-1-5-16-8-9/h1-6,8H,15H2,(H,17,18). The maximum atomic E-state index is 11.9. The molecule has 5 heteroatoms. The highest BCUT2D eigenvalue weighted by Crippen LogP contribution is 2.18. The Labute approximate surface area is 104 Å². The largest absolute Gasteiger partial charge is 0.399 e. The van der Waals surface area contributed by atoms with Gasteiger partial charge in [0.05, 0.1) is 16.8 Å². The number of hydrogen-bond donors (Lipinski definition) is 2. The third kappa shape index (κ3) is 2.44. The van der Waals surface area contributed by atoms with E-state index in [1.807, 2.05) is 6.07 Å². The van der Waals surface area contributed by atoms with Gasteiger partial charge in [0, 0.05) is 18.1 Å². The van der Waals surface area contributed by atoms with Gasteiger partial charge in [-0.3, -0.25) is 9.78 Å². The Balaban J connectivity index is 2.25. The molecule has 88 valence electrons. The van der Waals surface area contributed by atoms with E-state index in [9.17, 15) is 4.79 Å². The van der Waals surface area contributed by atoms with E-state index in [0.717, 1.165) is 0 Å². The SMILES string of the molecule is N#Cc1cc(N)ccc1NC(=O)c1cccnc1. The molecular weight excluding hydrogens is 228 g/mol. The molecule has 0 bridgehead atoms. The van der Waals surface area contributed by atoms with Crippen LogP contribution in [0.15, 0.2) is 42.7 Å². The Morgan fingerprint density at radius 3 is 2.89 bits per heavy atom. The highest BCUT2D eigenvalue weighted by atomic mass is 16.1. The minimum absolute atomic E-state index is 0.315. The van der Waals surface area contributed by atoms with Gasteiger partial charge in [-0.1, -0.05) is 0 Å². The van der Waals surface area contributed by atoms with Crippen LogP contribution in [0.1, 0.15) is 15.9 Å². The molecule has 0 radical (unpaired) electrons. The van der Waals surface area contributed by atoms with E-state index < -0.39 is 0 Å². The molecule has 5 nitrogen and oxygen atoms in total. The maximum Gasteiger partial charge on any atom is 0.257 e. The fourth-order valence-electron chi connectivity index (χ4n) is 1.45. The summed E-state index contributed by atoms with van der Waals surface area (Å²) in [4.78, 5) is 15.7. The van der Waals surface area contributed by atoms with Crippen LogP contribution in [0.2, 0.25) is 0 Å². The topological polar surface area (TPSA) is 91.8 Å². The molecule has 1 amide bonds. The van der Waals surface area contributed by atoms with Crippen molar-refractivity contribution >= 4 is 17.3 Å². The monoisotopic (exact) mass is 238 g/mol. The average Bonchev–Trinajstić information content (AvgIpc) is 2.41. The van der Waals surface area contributed by atoms with Crippen LogP contribution in [0.25, 0.3) is 0 Å². The number of aromatic nitrogens is 1. The summed E-state index contributed by atoms with van der Waals surface area (Å²) < 4.78 is 0. The highest BCUT2D eigenvalue weighted by Gasteiger charge is 2.09. The van der Waals surface area contributed by atoms with Crippen molar-refractivity contribution < 1.29 is 4.79 Å². The summed E-state index contributed by atoms with van der Waals surface area (Å²) in [5, 5.41) is 11.6. The number of anilines is 2. The number of nitrogens with one attached hydrogen (secondary N) is 1. The number of carbonyl (C=O) groups excluding carboxylic acids is 1. The quantitative estimate of drug-likeness (QED) is 0.780. The summed E-state index contributed by atoms with van der Waals surface area (Å²) in [5.74, 6) is -0.315. The van der Waals surface area contributed by atoms with Crippen molar-refractivity contribution in [1.29, 1.82) is 5.26 Å². The number of hydrogen-bond acceptors (Lipinski definition) is 4.